The molecule has 9 heteroatoms. The van der Waals surface area contributed by atoms with Gasteiger partial charge in [-0.2, -0.15) is 5.10 Å². The van der Waals surface area contributed by atoms with Crippen LogP contribution in [0.4, 0.5) is 0 Å². The molecule has 0 unspecified atom stereocenters. The van der Waals surface area contributed by atoms with E-state index in [0.29, 0.717) is 34.7 Å². The summed E-state index contributed by atoms with van der Waals surface area (Å²) >= 11 is 1.31. The third-order valence-corrected chi connectivity index (χ3v) is 4.15. The van der Waals surface area contributed by atoms with E-state index in [2.05, 4.69) is 20.5 Å². The zero-order valence-corrected chi connectivity index (χ0v) is 15.2. The van der Waals surface area contributed by atoms with Crippen molar-refractivity contribution in [2.75, 3.05) is 12.4 Å². The van der Waals surface area contributed by atoms with Gasteiger partial charge in [0.15, 0.2) is 5.17 Å². The lowest BCUT2D eigenvalue weighted by Crippen LogP contribution is -2.19. The standard InChI is InChI=1S/C18H16N4O4S/c1-2-25-17(24)13-7-8-19-16(9-13)26-14-5-3-12(4-6-14)10-20-22-18-21-15(23)11-27-18/h3-10H,2,11H2,1H3,(H,21,22,23). The summed E-state index contributed by atoms with van der Waals surface area (Å²) in [5.74, 6) is 0.727. The van der Waals surface area contributed by atoms with Gasteiger partial charge < -0.3 is 14.8 Å². The summed E-state index contributed by atoms with van der Waals surface area (Å²) in [6.45, 7) is 2.05. The molecule has 1 aliphatic rings. The van der Waals surface area contributed by atoms with Gasteiger partial charge >= 0.3 is 5.97 Å². The van der Waals surface area contributed by atoms with Crippen LogP contribution in [0, 0.1) is 0 Å². The van der Waals surface area contributed by atoms with Crippen molar-refractivity contribution in [3.63, 3.8) is 0 Å². The van der Waals surface area contributed by atoms with Crippen LogP contribution in [-0.2, 0) is 9.53 Å². The first kappa shape index (κ1) is 18.6. The molecule has 27 heavy (non-hydrogen) atoms. The number of carbonyl (C=O) groups is 2. The van der Waals surface area contributed by atoms with Gasteiger partial charge in [0.1, 0.15) is 5.75 Å². The van der Waals surface area contributed by atoms with Crippen molar-refractivity contribution in [3.8, 4) is 11.6 Å². The minimum atomic E-state index is -0.422. The second kappa shape index (κ2) is 8.95. The Balaban J connectivity index is 1.61. The van der Waals surface area contributed by atoms with E-state index < -0.39 is 5.97 Å². The number of esters is 1. The van der Waals surface area contributed by atoms with Gasteiger partial charge in [-0.3, -0.25) is 4.79 Å². The van der Waals surface area contributed by atoms with Crippen molar-refractivity contribution in [1.29, 1.82) is 0 Å². The van der Waals surface area contributed by atoms with Crippen molar-refractivity contribution in [2.24, 2.45) is 10.2 Å². The Bertz CT molecular complexity index is 896. The molecule has 8 nitrogen and oxygen atoms in total. The number of pyridine rings is 1. The molecule has 2 heterocycles. The Morgan fingerprint density at radius 3 is 2.85 bits per heavy atom. The van der Waals surface area contributed by atoms with Gasteiger partial charge in [-0.05, 0) is 42.8 Å². The van der Waals surface area contributed by atoms with E-state index in [1.807, 2.05) is 0 Å². The lowest BCUT2D eigenvalue weighted by atomic mass is 10.2. The molecule has 2 aromatic rings. The largest absolute Gasteiger partial charge is 0.462 e. The van der Waals surface area contributed by atoms with Gasteiger partial charge in [0.25, 0.3) is 0 Å². The van der Waals surface area contributed by atoms with E-state index in [1.165, 1.54) is 24.0 Å². The van der Waals surface area contributed by atoms with E-state index in [0.717, 1.165) is 5.56 Å². The number of amides is 1. The normalized spacial score (nSPS) is 15.1. The Labute approximate surface area is 159 Å². The molecule has 0 bridgehead atoms. The van der Waals surface area contributed by atoms with Crippen LogP contribution in [0.2, 0.25) is 0 Å². The molecule has 1 saturated heterocycles. The molecule has 1 aromatic carbocycles. The predicted molar refractivity (Wildman–Crippen MR) is 102 cm³/mol. The highest BCUT2D eigenvalue weighted by Gasteiger charge is 2.15. The molecule has 0 radical (unpaired) electrons. The molecule has 138 valence electrons. The fraction of sp³-hybridized carbons (Fsp3) is 0.167. The van der Waals surface area contributed by atoms with Crippen molar-refractivity contribution in [3.05, 3.63) is 53.7 Å². The molecule has 1 aromatic heterocycles. The summed E-state index contributed by atoms with van der Waals surface area (Å²) < 4.78 is 10.6. The Morgan fingerprint density at radius 2 is 2.15 bits per heavy atom. The average molecular weight is 384 g/mol. The molecule has 0 aliphatic carbocycles. The van der Waals surface area contributed by atoms with Crippen LogP contribution < -0.4 is 10.1 Å². The minimum Gasteiger partial charge on any atom is -0.462 e. The van der Waals surface area contributed by atoms with Crippen LogP contribution in [0.5, 0.6) is 11.6 Å². The number of hydrogen-bond acceptors (Lipinski definition) is 8. The van der Waals surface area contributed by atoms with Gasteiger partial charge in [0, 0.05) is 12.3 Å². The van der Waals surface area contributed by atoms with Gasteiger partial charge in [-0.15, -0.1) is 5.10 Å². The first-order valence-corrected chi connectivity index (χ1v) is 9.07. The van der Waals surface area contributed by atoms with Gasteiger partial charge in [0.2, 0.25) is 11.8 Å². The van der Waals surface area contributed by atoms with E-state index in [1.54, 1.807) is 43.5 Å². The molecule has 0 atom stereocenters. The number of rotatable bonds is 6. The van der Waals surface area contributed by atoms with E-state index in [-0.39, 0.29) is 5.91 Å². The monoisotopic (exact) mass is 384 g/mol. The van der Waals surface area contributed by atoms with Crippen molar-refractivity contribution in [1.82, 2.24) is 10.3 Å². The van der Waals surface area contributed by atoms with Gasteiger partial charge in [-0.1, -0.05) is 11.8 Å². The number of thioether (sulfide) groups is 1. The molecule has 1 amide bonds. The Hall–Kier alpha value is -3.20. The summed E-state index contributed by atoms with van der Waals surface area (Å²) in [6, 6.07) is 10.2. The van der Waals surface area contributed by atoms with Crippen LogP contribution in [0.1, 0.15) is 22.8 Å². The second-order valence-electron chi connectivity index (χ2n) is 5.26. The number of carbonyl (C=O) groups excluding carboxylic acids is 2. The summed E-state index contributed by atoms with van der Waals surface area (Å²) in [5.41, 5.74) is 1.19. The number of amidine groups is 1. The molecule has 3 rings (SSSR count). The summed E-state index contributed by atoms with van der Waals surface area (Å²) in [7, 11) is 0. The van der Waals surface area contributed by atoms with Crippen LogP contribution in [0.3, 0.4) is 0 Å². The van der Waals surface area contributed by atoms with Gasteiger partial charge in [-0.25, -0.2) is 9.78 Å². The fourth-order valence-electron chi connectivity index (χ4n) is 2.08. The zero-order chi connectivity index (χ0) is 19.1. The minimum absolute atomic E-state index is 0.0731. The quantitative estimate of drug-likeness (QED) is 0.467. The number of nitrogens with zero attached hydrogens (tertiary/aromatic N) is 3. The molecule has 1 fully saturated rings. The lowest BCUT2D eigenvalue weighted by Gasteiger charge is -2.06. The number of aromatic nitrogens is 1. The predicted octanol–water partition coefficient (Wildman–Crippen LogP) is 2.60. The maximum Gasteiger partial charge on any atom is 0.338 e. The molecule has 1 aliphatic heterocycles. The summed E-state index contributed by atoms with van der Waals surface area (Å²) in [6.07, 6.45) is 3.06. The van der Waals surface area contributed by atoms with Crippen molar-refractivity contribution < 1.29 is 19.1 Å². The SMILES string of the molecule is CCOC(=O)c1ccnc(Oc2ccc(C=NN=C3NC(=O)CS3)cc2)c1. The van der Waals surface area contributed by atoms with Crippen LogP contribution in [-0.4, -0.2) is 40.6 Å². The van der Waals surface area contributed by atoms with E-state index >= 15 is 0 Å². The Kier molecular flexibility index (Phi) is 6.16. The highest BCUT2D eigenvalue weighted by molar-refractivity contribution is 8.15. The maximum atomic E-state index is 11.8. The summed E-state index contributed by atoms with van der Waals surface area (Å²) in [4.78, 5) is 26.9. The van der Waals surface area contributed by atoms with E-state index in [4.69, 9.17) is 9.47 Å². The Morgan fingerprint density at radius 1 is 1.33 bits per heavy atom. The maximum absolute atomic E-state index is 11.8. The fourth-order valence-corrected chi connectivity index (χ4v) is 2.71. The molecule has 1 N–H and O–H groups in total. The topological polar surface area (TPSA) is 102 Å². The highest BCUT2D eigenvalue weighted by Crippen LogP contribution is 2.20. The third kappa shape index (κ3) is 5.38. The number of hydrogen-bond donors (Lipinski definition) is 1. The first-order chi connectivity index (χ1) is 13.1. The van der Waals surface area contributed by atoms with Crippen molar-refractivity contribution in [2.45, 2.75) is 6.92 Å². The second-order valence-corrected chi connectivity index (χ2v) is 6.22. The van der Waals surface area contributed by atoms with Crippen LogP contribution >= 0.6 is 11.8 Å². The third-order valence-electron chi connectivity index (χ3n) is 3.29. The van der Waals surface area contributed by atoms with Gasteiger partial charge in [0.05, 0.1) is 24.1 Å². The zero-order valence-electron chi connectivity index (χ0n) is 14.4. The van der Waals surface area contributed by atoms with Crippen molar-refractivity contribution >= 4 is 35.0 Å². The number of nitrogens with one attached hydrogen (secondary N) is 1. The summed E-state index contributed by atoms with van der Waals surface area (Å²) in [5, 5.41) is 11.0. The number of ether oxygens (including phenoxy) is 2. The average Bonchev–Trinajstić information content (AvgIpc) is 3.09. The van der Waals surface area contributed by atoms with Crippen LogP contribution in [0.15, 0.2) is 52.8 Å². The first-order valence-electron chi connectivity index (χ1n) is 8.09. The van der Waals surface area contributed by atoms with Crippen LogP contribution in [0.25, 0.3) is 0 Å². The number of benzene rings is 1. The van der Waals surface area contributed by atoms with E-state index in [9.17, 15) is 9.59 Å². The lowest BCUT2D eigenvalue weighted by molar-refractivity contribution is -0.116. The molecule has 0 spiro atoms. The molecular formula is C18H16N4O4S. The highest BCUT2D eigenvalue weighted by atomic mass is 32.2. The smallest absolute Gasteiger partial charge is 0.338 e. The molecular weight excluding hydrogens is 368 g/mol. The molecule has 0 saturated carbocycles.